The van der Waals surface area contributed by atoms with Gasteiger partial charge in [0.05, 0.1) is 6.20 Å². The molecule has 0 bridgehead atoms. The second-order valence-corrected chi connectivity index (χ2v) is 4.29. The summed E-state index contributed by atoms with van der Waals surface area (Å²) in [5, 5.41) is 10.8. The zero-order valence-corrected chi connectivity index (χ0v) is 9.01. The monoisotopic (exact) mass is 193 g/mol. The van der Waals surface area contributed by atoms with E-state index >= 15 is 0 Å². The van der Waals surface area contributed by atoms with Crippen LogP contribution < -0.4 is 5.32 Å². The number of H-pyrrole nitrogens is 1. The fourth-order valence-electron chi connectivity index (χ4n) is 2.08. The Labute approximate surface area is 85.3 Å². The van der Waals surface area contributed by atoms with Crippen molar-refractivity contribution in [3.05, 3.63) is 17.5 Å². The number of nitrogens with zero attached hydrogens (tertiary/aromatic N) is 1. The van der Waals surface area contributed by atoms with E-state index in [9.17, 15) is 0 Å². The Kier molecular flexibility index (Phi) is 2.87. The summed E-state index contributed by atoms with van der Waals surface area (Å²) in [6.07, 6.45) is 6.69. The fourth-order valence-corrected chi connectivity index (χ4v) is 2.08. The molecule has 78 valence electrons. The molecule has 0 radical (unpaired) electrons. The molecule has 3 nitrogen and oxygen atoms in total. The lowest BCUT2D eigenvalue weighted by atomic mass is 9.93. The molecule has 1 aromatic heterocycles. The molecule has 1 aliphatic carbocycles. The van der Waals surface area contributed by atoms with Gasteiger partial charge < -0.3 is 5.32 Å². The first-order valence-corrected chi connectivity index (χ1v) is 5.56. The van der Waals surface area contributed by atoms with Crippen LogP contribution >= 0.6 is 0 Å². The van der Waals surface area contributed by atoms with E-state index in [1.165, 1.54) is 24.1 Å². The smallest absolute Gasteiger partial charge is 0.0522 e. The van der Waals surface area contributed by atoms with Crippen LogP contribution in [0, 0.1) is 0 Å². The topological polar surface area (TPSA) is 40.7 Å². The van der Waals surface area contributed by atoms with Crippen LogP contribution in [0.3, 0.4) is 0 Å². The molecule has 0 aromatic carbocycles. The van der Waals surface area contributed by atoms with Crippen molar-refractivity contribution >= 4 is 0 Å². The molecule has 0 fully saturated rings. The highest BCUT2D eigenvalue weighted by molar-refractivity contribution is 5.21. The van der Waals surface area contributed by atoms with Crippen molar-refractivity contribution < 1.29 is 0 Å². The lowest BCUT2D eigenvalue weighted by molar-refractivity contribution is 0.400. The Morgan fingerprint density at radius 3 is 3.36 bits per heavy atom. The van der Waals surface area contributed by atoms with Gasteiger partial charge in [0.15, 0.2) is 0 Å². The molecule has 14 heavy (non-hydrogen) atoms. The summed E-state index contributed by atoms with van der Waals surface area (Å²) in [5.41, 5.74) is 2.74. The first-order valence-electron chi connectivity index (χ1n) is 5.56. The van der Waals surface area contributed by atoms with Crippen molar-refractivity contribution in [3.63, 3.8) is 0 Å². The van der Waals surface area contributed by atoms with Crippen molar-refractivity contribution in [2.45, 2.75) is 51.6 Å². The van der Waals surface area contributed by atoms with E-state index in [1.54, 1.807) is 0 Å². The Morgan fingerprint density at radius 1 is 1.71 bits per heavy atom. The van der Waals surface area contributed by atoms with E-state index < -0.39 is 0 Å². The standard InChI is InChI=1S/C11H19N3/c1-3-8(2)13-10-4-5-11-9(6-10)7-12-14-11/h7-8,10,13H,3-6H2,1-2H3,(H,12,14). The highest BCUT2D eigenvalue weighted by Gasteiger charge is 2.20. The summed E-state index contributed by atoms with van der Waals surface area (Å²) >= 11 is 0. The molecule has 1 aliphatic rings. The number of rotatable bonds is 3. The second kappa shape index (κ2) is 4.13. The average Bonchev–Trinajstić information content (AvgIpc) is 2.64. The minimum Gasteiger partial charge on any atom is -0.311 e. The lowest BCUT2D eigenvalue weighted by Crippen LogP contribution is -2.39. The summed E-state index contributed by atoms with van der Waals surface area (Å²) in [4.78, 5) is 0. The predicted molar refractivity (Wildman–Crippen MR) is 57.3 cm³/mol. The maximum Gasteiger partial charge on any atom is 0.0522 e. The van der Waals surface area contributed by atoms with Crippen LogP contribution in [0.4, 0.5) is 0 Å². The third kappa shape index (κ3) is 1.98. The summed E-state index contributed by atoms with van der Waals surface area (Å²) in [5.74, 6) is 0. The van der Waals surface area contributed by atoms with Gasteiger partial charge in [-0.2, -0.15) is 5.10 Å². The Hall–Kier alpha value is -0.830. The molecular weight excluding hydrogens is 174 g/mol. The number of aromatic amines is 1. The molecule has 2 unspecified atom stereocenters. The lowest BCUT2D eigenvalue weighted by Gasteiger charge is -2.25. The van der Waals surface area contributed by atoms with Gasteiger partial charge in [-0.05, 0) is 38.2 Å². The van der Waals surface area contributed by atoms with Crippen LogP contribution in [0.5, 0.6) is 0 Å². The van der Waals surface area contributed by atoms with Gasteiger partial charge in [-0.25, -0.2) is 0 Å². The predicted octanol–water partition coefficient (Wildman–Crippen LogP) is 1.66. The third-order valence-electron chi connectivity index (χ3n) is 3.15. The van der Waals surface area contributed by atoms with Gasteiger partial charge in [-0.3, -0.25) is 5.10 Å². The summed E-state index contributed by atoms with van der Waals surface area (Å²) in [7, 11) is 0. The molecule has 0 amide bonds. The normalized spacial score (nSPS) is 23.1. The van der Waals surface area contributed by atoms with Gasteiger partial charge in [0, 0.05) is 17.8 Å². The molecule has 0 saturated carbocycles. The summed E-state index contributed by atoms with van der Waals surface area (Å²) in [6, 6.07) is 1.28. The molecule has 3 heteroatoms. The largest absolute Gasteiger partial charge is 0.311 e. The molecule has 2 rings (SSSR count). The number of nitrogens with one attached hydrogen (secondary N) is 2. The van der Waals surface area contributed by atoms with Crippen LogP contribution in [0.2, 0.25) is 0 Å². The molecule has 2 atom stereocenters. The van der Waals surface area contributed by atoms with E-state index in [1.807, 2.05) is 6.20 Å². The van der Waals surface area contributed by atoms with E-state index in [0.717, 1.165) is 12.8 Å². The molecule has 0 aliphatic heterocycles. The first kappa shape index (κ1) is 9.71. The highest BCUT2D eigenvalue weighted by atomic mass is 15.1. The Morgan fingerprint density at radius 2 is 2.57 bits per heavy atom. The number of aromatic nitrogens is 2. The van der Waals surface area contributed by atoms with Crippen LogP contribution in [0.1, 0.15) is 37.9 Å². The van der Waals surface area contributed by atoms with Gasteiger partial charge >= 0.3 is 0 Å². The van der Waals surface area contributed by atoms with Crippen molar-refractivity contribution in [1.29, 1.82) is 0 Å². The molecule has 2 N–H and O–H groups in total. The number of aryl methyl sites for hydroxylation is 1. The quantitative estimate of drug-likeness (QED) is 0.766. The van der Waals surface area contributed by atoms with Crippen LogP contribution in [0.15, 0.2) is 6.20 Å². The van der Waals surface area contributed by atoms with Crippen molar-refractivity contribution in [3.8, 4) is 0 Å². The van der Waals surface area contributed by atoms with Crippen LogP contribution in [0.25, 0.3) is 0 Å². The molecule has 0 spiro atoms. The Balaban J connectivity index is 1.94. The minimum absolute atomic E-state index is 0.633. The molecule has 1 heterocycles. The van der Waals surface area contributed by atoms with Crippen LogP contribution in [-0.2, 0) is 12.8 Å². The van der Waals surface area contributed by atoms with Gasteiger partial charge in [-0.15, -0.1) is 0 Å². The minimum atomic E-state index is 0.633. The molecule has 1 aromatic rings. The van der Waals surface area contributed by atoms with Crippen LogP contribution in [-0.4, -0.2) is 22.3 Å². The van der Waals surface area contributed by atoms with Gasteiger partial charge in [0.2, 0.25) is 0 Å². The number of fused-ring (bicyclic) bond motifs is 1. The van der Waals surface area contributed by atoms with E-state index in [2.05, 4.69) is 29.4 Å². The van der Waals surface area contributed by atoms with Crippen molar-refractivity contribution in [2.75, 3.05) is 0 Å². The zero-order valence-electron chi connectivity index (χ0n) is 9.01. The first-order chi connectivity index (χ1) is 6.79. The van der Waals surface area contributed by atoms with Gasteiger partial charge in [-0.1, -0.05) is 6.92 Å². The van der Waals surface area contributed by atoms with E-state index in [-0.39, 0.29) is 0 Å². The van der Waals surface area contributed by atoms with E-state index in [4.69, 9.17) is 0 Å². The molecule has 0 saturated heterocycles. The summed E-state index contributed by atoms with van der Waals surface area (Å²) in [6.45, 7) is 4.48. The van der Waals surface area contributed by atoms with Crippen molar-refractivity contribution in [2.24, 2.45) is 0 Å². The number of hydrogen-bond donors (Lipinski definition) is 2. The van der Waals surface area contributed by atoms with E-state index in [0.29, 0.717) is 12.1 Å². The second-order valence-electron chi connectivity index (χ2n) is 4.29. The van der Waals surface area contributed by atoms with Crippen molar-refractivity contribution in [1.82, 2.24) is 15.5 Å². The highest BCUT2D eigenvalue weighted by Crippen LogP contribution is 2.19. The zero-order chi connectivity index (χ0) is 9.97. The van der Waals surface area contributed by atoms with Gasteiger partial charge in [0.1, 0.15) is 0 Å². The SMILES string of the molecule is CCC(C)NC1CCc2[nH]ncc2C1. The average molecular weight is 193 g/mol. The van der Waals surface area contributed by atoms with Gasteiger partial charge in [0.25, 0.3) is 0 Å². The summed E-state index contributed by atoms with van der Waals surface area (Å²) < 4.78 is 0. The Bertz CT molecular complexity index is 292. The maximum atomic E-state index is 4.08. The number of hydrogen-bond acceptors (Lipinski definition) is 2. The third-order valence-corrected chi connectivity index (χ3v) is 3.15. The molecular formula is C11H19N3. The maximum absolute atomic E-state index is 4.08. The fraction of sp³-hybridized carbons (Fsp3) is 0.727.